The van der Waals surface area contributed by atoms with E-state index in [4.69, 9.17) is 25.6 Å². The number of carbonyl (C=O) groups excluding carboxylic acids is 1. The molecule has 1 N–H and O–H groups in total. The predicted molar refractivity (Wildman–Crippen MR) is 125 cm³/mol. The van der Waals surface area contributed by atoms with Crippen molar-refractivity contribution in [3.8, 4) is 28.6 Å². The SMILES string of the molecule is CCOc1ccccc1Oc1ccc(CNC(=O)c2c(-c3c(F)cccc3Cl)noc2C)cn1. The van der Waals surface area contributed by atoms with E-state index in [0.29, 0.717) is 24.0 Å². The molecular weight excluding hydrogens is 461 g/mol. The van der Waals surface area contributed by atoms with E-state index in [9.17, 15) is 9.18 Å². The van der Waals surface area contributed by atoms with Crippen LogP contribution in [-0.4, -0.2) is 22.7 Å². The van der Waals surface area contributed by atoms with E-state index in [2.05, 4.69) is 15.5 Å². The summed E-state index contributed by atoms with van der Waals surface area (Å²) in [6.45, 7) is 4.17. The highest BCUT2D eigenvalue weighted by Crippen LogP contribution is 2.33. The van der Waals surface area contributed by atoms with Gasteiger partial charge in [-0.25, -0.2) is 9.37 Å². The molecule has 1 amide bonds. The molecule has 9 heteroatoms. The van der Waals surface area contributed by atoms with Gasteiger partial charge in [0.15, 0.2) is 11.5 Å². The van der Waals surface area contributed by atoms with Gasteiger partial charge in [0.1, 0.15) is 22.8 Å². The van der Waals surface area contributed by atoms with Gasteiger partial charge in [0.05, 0.1) is 17.2 Å². The number of rotatable bonds is 8. The third-order valence-electron chi connectivity index (χ3n) is 4.90. The molecule has 0 saturated carbocycles. The minimum Gasteiger partial charge on any atom is -0.490 e. The molecule has 2 aromatic heterocycles. The fourth-order valence-corrected chi connectivity index (χ4v) is 3.56. The lowest BCUT2D eigenvalue weighted by Crippen LogP contribution is -2.23. The van der Waals surface area contributed by atoms with Gasteiger partial charge in [-0.2, -0.15) is 0 Å². The van der Waals surface area contributed by atoms with E-state index in [1.807, 2.05) is 25.1 Å². The zero-order valence-corrected chi connectivity index (χ0v) is 19.2. The number of amides is 1. The highest BCUT2D eigenvalue weighted by molar-refractivity contribution is 6.33. The number of nitrogens with zero attached hydrogens (tertiary/aromatic N) is 2. The van der Waals surface area contributed by atoms with Crippen molar-refractivity contribution in [3.05, 3.63) is 88.5 Å². The third kappa shape index (κ3) is 5.02. The first-order chi connectivity index (χ1) is 16.5. The average Bonchev–Trinajstić information content (AvgIpc) is 3.20. The Labute approximate surface area is 200 Å². The van der Waals surface area contributed by atoms with Gasteiger partial charge >= 0.3 is 0 Å². The number of halogens is 2. The lowest BCUT2D eigenvalue weighted by atomic mass is 10.0. The van der Waals surface area contributed by atoms with Gasteiger partial charge in [-0.1, -0.05) is 41.0 Å². The normalized spacial score (nSPS) is 10.7. The lowest BCUT2D eigenvalue weighted by Gasteiger charge is -2.11. The summed E-state index contributed by atoms with van der Waals surface area (Å²) in [6.07, 6.45) is 1.59. The molecule has 0 spiro atoms. The maximum Gasteiger partial charge on any atom is 0.257 e. The Bertz CT molecular complexity index is 1290. The second-order valence-corrected chi connectivity index (χ2v) is 7.64. The van der Waals surface area contributed by atoms with E-state index in [0.717, 1.165) is 5.56 Å². The average molecular weight is 482 g/mol. The maximum absolute atomic E-state index is 14.4. The maximum atomic E-state index is 14.4. The van der Waals surface area contributed by atoms with Crippen LogP contribution in [0.5, 0.6) is 17.4 Å². The molecule has 0 atom stereocenters. The van der Waals surface area contributed by atoms with Crippen molar-refractivity contribution in [2.24, 2.45) is 0 Å². The highest BCUT2D eigenvalue weighted by Gasteiger charge is 2.25. The summed E-state index contributed by atoms with van der Waals surface area (Å²) >= 11 is 6.14. The molecule has 4 rings (SSSR count). The Morgan fingerprint density at radius 1 is 1.12 bits per heavy atom. The van der Waals surface area contributed by atoms with Gasteiger partial charge in [0.2, 0.25) is 5.88 Å². The molecule has 0 aliphatic rings. The van der Waals surface area contributed by atoms with Crippen molar-refractivity contribution in [3.63, 3.8) is 0 Å². The van der Waals surface area contributed by atoms with Gasteiger partial charge in [-0.3, -0.25) is 4.79 Å². The number of benzene rings is 2. The molecular formula is C25H21ClFN3O4. The van der Waals surface area contributed by atoms with Crippen LogP contribution in [0.2, 0.25) is 5.02 Å². The van der Waals surface area contributed by atoms with Crippen molar-refractivity contribution >= 4 is 17.5 Å². The summed E-state index contributed by atoms with van der Waals surface area (Å²) < 4.78 is 30.9. The number of para-hydroxylation sites is 2. The molecule has 0 fully saturated rings. The molecule has 0 aliphatic carbocycles. The largest absolute Gasteiger partial charge is 0.490 e. The lowest BCUT2D eigenvalue weighted by molar-refractivity contribution is 0.0950. The van der Waals surface area contributed by atoms with Gasteiger partial charge in [0.25, 0.3) is 5.91 Å². The fraction of sp³-hybridized carbons (Fsp3) is 0.160. The number of ether oxygens (including phenoxy) is 2. The molecule has 34 heavy (non-hydrogen) atoms. The van der Waals surface area contributed by atoms with Crippen LogP contribution in [0.3, 0.4) is 0 Å². The Morgan fingerprint density at radius 3 is 2.62 bits per heavy atom. The standard InChI is InChI=1S/C25H21ClFN3O4/c1-3-32-19-9-4-5-10-20(19)33-21-12-11-16(13-28-21)14-29-25(31)22-15(2)34-30-24(22)23-17(26)7-6-8-18(23)27/h4-13H,3,14H2,1-2H3,(H,29,31). The Kier molecular flexibility index (Phi) is 7.08. The van der Waals surface area contributed by atoms with Crippen LogP contribution >= 0.6 is 11.6 Å². The first kappa shape index (κ1) is 23.3. The predicted octanol–water partition coefficient (Wildman–Crippen LogP) is 5.96. The Balaban J connectivity index is 1.45. The van der Waals surface area contributed by atoms with Crippen LogP contribution in [0, 0.1) is 12.7 Å². The van der Waals surface area contributed by atoms with Crippen molar-refractivity contribution in [2.45, 2.75) is 20.4 Å². The van der Waals surface area contributed by atoms with Gasteiger partial charge in [-0.15, -0.1) is 0 Å². The number of nitrogens with one attached hydrogen (secondary N) is 1. The number of hydrogen-bond acceptors (Lipinski definition) is 6. The van der Waals surface area contributed by atoms with Crippen molar-refractivity contribution in [1.29, 1.82) is 0 Å². The zero-order valence-electron chi connectivity index (χ0n) is 18.5. The Morgan fingerprint density at radius 2 is 1.91 bits per heavy atom. The summed E-state index contributed by atoms with van der Waals surface area (Å²) in [7, 11) is 0. The van der Waals surface area contributed by atoms with E-state index < -0.39 is 11.7 Å². The number of aromatic nitrogens is 2. The van der Waals surface area contributed by atoms with Crippen LogP contribution in [0.4, 0.5) is 4.39 Å². The summed E-state index contributed by atoms with van der Waals surface area (Å²) in [5, 5.41) is 6.77. The summed E-state index contributed by atoms with van der Waals surface area (Å²) in [4.78, 5) is 17.2. The second kappa shape index (κ2) is 10.4. The topological polar surface area (TPSA) is 86.5 Å². The summed E-state index contributed by atoms with van der Waals surface area (Å²) in [5.41, 5.74) is 0.917. The van der Waals surface area contributed by atoms with Crippen LogP contribution in [-0.2, 0) is 6.54 Å². The fourth-order valence-electron chi connectivity index (χ4n) is 3.30. The zero-order chi connectivity index (χ0) is 24.1. The van der Waals surface area contributed by atoms with Crippen molar-refractivity contribution < 1.29 is 23.2 Å². The highest BCUT2D eigenvalue weighted by atomic mass is 35.5. The Hall–Kier alpha value is -3.91. The monoisotopic (exact) mass is 481 g/mol. The van der Waals surface area contributed by atoms with Crippen molar-refractivity contribution in [1.82, 2.24) is 15.5 Å². The molecule has 0 saturated heterocycles. The first-order valence-corrected chi connectivity index (χ1v) is 10.9. The van der Waals surface area contributed by atoms with Gasteiger partial charge < -0.3 is 19.3 Å². The number of pyridine rings is 1. The number of hydrogen-bond donors (Lipinski definition) is 1. The van der Waals surface area contributed by atoms with Gasteiger partial charge in [-0.05, 0) is 43.7 Å². The van der Waals surface area contributed by atoms with Crippen molar-refractivity contribution in [2.75, 3.05) is 6.61 Å². The van der Waals surface area contributed by atoms with E-state index >= 15 is 0 Å². The van der Waals surface area contributed by atoms with Crippen LogP contribution < -0.4 is 14.8 Å². The van der Waals surface area contributed by atoms with E-state index in [1.54, 1.807) is 31.3 Å². The smallest absolute Gasteiger partial charge is 0.257 e. The molecule has 4 aromatic rings. The molecule has 2 heterocycles. The van der Waals surface area contributed by atoms with E-state index in [1.165, 1.54) is 18.2 Å². The summed E-state index contributed by atoms with van der Waals surface area (Å²) in [5.74, 6) is 0.744. The van der Waals surface area contributed by atoms with Crippen LogP contribution in [0.15, 0.2) is 65.3 Å². The van der Waals surface area contributed by atoms with Crippen LogP contribution in [0.1, 0.15) is 28.6 Å². The second-order valence-electron chi connectivity index (χ2n) is 7.23. The minimum atomic E-state index is -0.597. The minimum absolute atomic E-state index is 0.0154. The third-order valence-corrected chi connectivity index (χ3v) is 5.22. The molecule has 174 valence electrons. The molecule has 0 bridgehead atoms. The molecule has 2 aromatic carbocycles. The molecule has 7 nitrogen and oxygen atoms in total. The van der Waals surface area contributed by atoms with E-state index in [-0.39, 0.29) is 34.1 Å². The van der Waals surface area contributed by atoms with Gasteiger partial charge in [0, 0.05) is 18.8 Å². The first-order valence-electron chi connectivity index (χ1n) is 10.5. The summed E-state index contributed by atoms with van der Waals surface area (Å²) in [6, 6.07) is 15.0. The number of aryl methyl sites for hydroxylation is 1. The van der Waals surface area contributed by atoms with Crippen LogP contribution in [0.25, 0.3) is 11.3 Å². The molecule has 0 aliphatic heterocycles. The molecule has 0 radical (unpaired) electrons. The quantitative estimate of drug-likeness (QED) is 0.334. The number of carbonyl (C=O) groups is 1. The molecule has 0 unspecified atom stereocenters.